The predicted molar refractivity (Wildman–Crippen MR) is 83.9 cm³/mol. The number of nitrogens with zero attached hydrogens (tertiary/aromatic N) is 2. The largest absolute Gasteiger partial charge is 0.372 e. The molecule has 3 rings (SSSR count). The average molecular weight is 293 g/mol. The molecule has 0 amide bonds. The molecule has 2 heterocycles. The van der Waals surface area contributed by atoms with Crippen LogP contribution >= 0.6 is 0 Å². The number of aromatic nitrogens is 1. The number of hydrogen-bond donors (Lipinski definition) is 1. The molecule has 22 heavy (non-hydrogen) atoms. The fourth-order valence-electron chi connectivity index (χ4n) is 2.87. The number of ether oxygens (including phenoxy) is 1. The highest BCUT2D eigenvalue weighted by molar-refractivity contribution is 5.32. The lowest BCUT2D eigenvalue weighted by atomic mass is 9.96. The zero-order valence-electron chi connectivity index (χ0n) is 12.4. The standard InChI is InChI=1S/C18H19N3O/c19-12-14-3-1-4-15(11-14)13-21-17-5-2-10-22-18(17)16-6-8-20-9-7-16/h1,3-4,6-9,11,17-18,21H,2,5,10,13H2/t17-,18+/m0/s1. The molecule has 1 aliphatic heterocycles. The maximum absolute atomic E-state index is 8.97. The van der Waals surface area contributed by atoms with Gasteiger partial charge in [-0.1, -0.05) is 12.1 Å². The first kappa shape index (κ1) is 14.7. The zero-order chi connectivity index (χ0) is 15.2. The molecular formula is C18H19N3O. The Hall–Kier alpha value is -2.22. The lowest BCUT2D eigenvalue weighted by Crippen LogP contribution is -2.39. The summed E-state index contributed by atoms with van der Waals surface area (Å²) in [4.78, 5) is 4.07. The number of nitrogens with one attached hydrogen (secondary N) is 1. The van der Waals surface area contributed by atoms with E-state index in [0.717, 1.165) is 37.1 Å². The third kappa shape index (κ3) is 3.51. The van der Waals surface area contributed by atoms with Crippen molar-refractivity contribution < 1.29 is 4.74 Å². The summed E-state index contributed by atoms with van der Waals surface area (Å²) >= 11 is 0. The van der Waals surface area contributed by atoms with Gasteiger partial charge < -0.3 is 10.1 Å². The van der Waals surface area contributed by atoms with Crippen molar-refractivity contribution in [2.75, 3.05) is 6.61 Å². The molecule has 1 aromatic heterocycles. The highest BCUT2D eigenvalue weighted by Crippen LogP contribution is 2.28. The molecule has 4 nitrogen and oxygen atoms in total. The van der Waals surface area contributed by atoms with Crippen LogP contribution < -0.4 is 5.32 Å². The Bertz CT molecular complexity index is 651. The summed E-state index contributed by atoms with van der Waals surface area (Å²) in [5.41, 5.74) is 2.99. The number of nitriles is 1. The fourth-order valence-corrected chi connectivity index (χ4v) is 2.87. The van der Waals surface area contributed by atoms with Crippen molar-refractivity contribution in [3.63, 3.8) is 0 Å². The predicted octanol–water partition coefficient (Wildman–Crippen LogP) is 2.96. The summed E-state index contributed by atoms with van der Waals surface area (Å²) in [6.45, 7) is 1.54. The second kappa shape index (κ2) is 7.17. The Labute approximate surface area is 130 Å². The lowest BCUT2D eigenvalue weighted by Gasteiger charge is -2.33. The molecule has 0 unspecified atom stereocenters. The van der Waals surface area contributed by atoms with Gasteiger partial charge in [0.15, 0.2) is 0 Å². The molecule has 0 radical (unpaired) electrons. The van der Waals surface area contributed by atoms with Gasteiger partial charge in [-0.2, -0.15) is 5.26 Å². The van der Waals surface area contributed by atoms with E-state index in [1.807, 2.05) is 36.4 Å². The lowest BCUT2D eigenvalue weighted by molar-refractivity contribution is -0.0112. The average Bonchev–Trinajstić information content (AvgIpc) is 2.61. The van der Waals surface area contributed by atoms with Crippen molar-refractivity contribution in [1.82, 2.24) is 10.3 Å². The van der Waals surface area contributed by atoms with Crippen LogP contribution in [0.2, 0.25) is 0 Å². The van der Waals surface area contributed by atoms with E-state index in [4.69, 9.17) is 10.00 Å². The Kier molecular flexibility index (Phi) is 4.79. The fraction of sp³-hybridized carbons (Fsp3) is 0.333. The quantitative estimate of drug-likeness (QED) is 0.941. The van der Waals surface area contributed by atoms with Crippen LogP contribution in [0.4, 0.5) is 0 Å². The second-order valence-electron chi connectivity index (χ2n) is 5.51. The zero-order valence-corrected chi connectivity index (χ0v) is 12.4. The molecule has 1 aliphatic rings. The Balaban J connectivity index is 1.68. The van der Waals surface area contributed by atoms with E-state index in [-0.39, 0.29) is 12.1 Å². The van der Waals surface area contributed by atoms with Crippen LogP contribution in [-0.4, -0.2) is 17.6 Å². The van der Waals surface area contributed by atoms with Gasteiger partial charge in [-0.25, -0.2) is 0 Å². The van der Waals surface area contributed by atoms with Crippen LogP contribution in [0.5, 0.6) is 0 Å². The third-order valence-corrected chi connectivity index (χ3v) is 3.98. The van der Waals surface area contributed by atoms with Crippen LogP contribution in [0.25, 0.3) is 0 Å². The summed E-state index contributed by atoms with van der Waals surface area (Å²) in [5, 5.41) is 12.6. The maximum Gasteiger partial charge on any atom is 0.0991 e. The van der Waals surface area contributed by atoms with Gasteiger partial charge in [-0.3, -0.25) is 4.98 Å². The highest BCUT2D eigenvalue weighted by atomic mass is 16.5. The minimum absolute atomic E-state index is 0.0656. The minimum atomic E-state index is 0.0656. The number of rotatable bonds is 4. The molecule has 2 aromatic rings. The molecule has 0 saturated carbocycles. The van der Waals surface area contributed by atoms with E-state index in [2.05, 4.69) is 16.4 Å². The molecule has 0 spiro atoms. The Morgan fingerprint density at radius 1 is 1.27 bits per heavy atom. The third-order valence-electron chi connectivity index (χ3n) is 3.98. The van der Waals surface area contributed by atoms with E-state index in [9.17, 15) is 0 Å². The molecule has 1 aromatic carbocycles. The second-order valence-corrected chi connectivity index (χ2v) is 5.51. The van der Waals surface area contributed by atoms with Crippen LogP contribution in [0.1, 0.15) is 35.6 Å². The van der Waals surface area contributed by atoms with Gasteiger partial charge in [0.2, 0.25) is 0 Å². The summed E-state index contributed by atoms with van der Waals surface area (Å²) in [7, 11) is 0. The normalized spacial score (nSPS) is 21.2. The van der Waals surface area contributed by atoms with Crippen LogP contribution in [0.15, 0.2) is 48.8 Å². The van der Waals surface area contributed by atoms with Crippen molar-refractivity contribution >= 4 is 0 Å². The molecule has 0 aliphatic carbocycles. The van der Waals surface area contributed by atoms with E-state index in [1.54, 1.807) is 12.4 Å². The van der Waals surface area contributed by atoms with Gasteiger partial charge >= 0.3 is 0 Å². The van der Waals surface area contributed by atoms with E-state index >= 15 is 0 Å². The SMILES string of the molecule is N#Cc1cccc(CN[C@H]2CCCO[C@@H]2c2ccncc2)c1. The molecule has 4 heteroatoms. The topological polar surface area (TPSA) is 57.9 Å². The molecule has 1 fully saturated rings. The summed E-state index contributed by atoms with van der Waals surface area (Å²) in [5.74, 6) is 0. The molecule has 2 atom stereocenters. The number of hydrogen-bond acceptors (Lipinski definition) is 4. The molecule has 1 saturated heterocycles. The first-order valence-corrected chi connectivity index (χ1v) is 7.61. The van der Waals surface area contributed by atoms with Gasteiger partial charge in [0.25, 0.3) is 0 Å². The highest BCUT2D eigenvalue weighted by Gasteiger charge is 2.26. The first-order valence-electron chi connectivity index (χ1n) is 7.61. The van der Waals surface area contributed by atoms with Crippen molar-refractivity contribution in [3.05, 3.63) is 65.5 Å². The van der Waals surface area contributed by atoms with Crippen LogP contribution in [0.3, 0.4) is 0 Å². The van der Waals surface area contributed by atoms with Gasteiger partial charge in [0, 0.05) is 31.6 Å². The van der Waals surface area contributed by atoms with Crippen molar-refractivity contribution in [3.8, 4) is 6.07 Å². The maximum atomic E-state index is 8.97. The Morgan fingerprint density at radius 2 is 2.14 bits per heavy atom. The van der Waals surface area contributed by atoms with Crippen molar-refractivity contribution in [1.29, 1.82) is 5.26 Å². The smallest absolute Gasteiger partial charge is 0.0991 e. The van der Waals surface area contributed by atoms with E-state index in [1.165, 1.54) is 0 Å². The van der Waals surface area contributed by atoms with E-state index < -0.39 is 0 Å². The molecule has 0 bridgehead atoms. The number of pyridine rings is 1. The molecular weight excluding hydrogens is 274 g/mol. The van der Waals surface area contributed by atoms with Gasteiger partial charge in [0.05, 0.1) is 17.7 Å². The molecule has 112 valence electrons. The van der Waals surface area contributed by atoms with E-state index in [0.29, 0.717) is 5.56 Å². The monoisotopic (exact) mass is 293 g/mol. The van der Waals surface area contributed by atoms with Crippen LogP contribution in [0, 0.1) is 11.3 Å². The van der Waals surface area contributed by atoms with Crippen LogP contribution in [-0.2, 0) is 11.3 Å². The molecule has 1 N–H and O–H groups in total. The van der Waals surface area contributed by atoms with Gasteiger partial charge in [-0.05, 0) is 48.2 Å². The summed E-state index contributed by atoms with van der Waals surface area (Å²) in [6.07, 6.45) is 5.83. The first-order chi connectivity index (χ1) is 10.9. The van der Waals surface area contributed by atoms with Gasteiger partial charge in [-0.15, -0.1) is 0 Å². The van der Waals surface area contributed by atoms with Crippen molar-refractivity contribution in [2.24, 2.45) is 0 Å². The van der Waals surface area contributed by atoms with Gasteiger partial charge in [0.1, 0.15) is 0 Å². The number of benzene rings is 1. The minimum Gasteiger partial charge on any atom is -0.372 e. The summed E-state index contributed by atoms with van der Waals surface area (Å²) in [6, 6.07) is 14.2. The summed E-state index contributed by atoms with van der Waals surface area (Å²) < 4.78 is 5.97. The van der Waals surface area contributed by atoms with Crippen molar-refractivity contribution in [2.45, 2.75) is 31.5 Å². The Morgan fingerprint density at radius 3 is 2.95 bits per heavy atom.